The van der Waals surface area contributed by atoms with Crippen LogP contribution in [0.15, 0.2) is 67.3 Å². The topological polar surface area (TPSA) is 94.2 Å². The molecule has 0 saturated carbocycles. The minimum atomic E-state index is -0.822. The van der Waals surface area contributed by atoms with Gasteiger partial charge in [-0.3, -0.25) is 14.9 Å². The zero-order chi connectivity index (χ0) is 25.4. The van der Waals surface area contributed by atoms with Gasteiger partial charge in [-0.1, -0.05) is 18.7 Å². The molecule has 3 rings (SSSR count). The zero-order valence-corrected chi connectivity index (χ0v) is 19.8. The van der Waals surface area contributed by atoms with Gasteiger partial charge in [-0.25, -0.2) is 9.69 Å². The highest BCUT2D eigenvalue weighted by Gasteiger charge is 2.37. The summed E-state index contributed by atoms with van der Waals surface area (Å²) in [7, 11) is 0. The molecule has 2 aromatic rings. The highest BCUT2D eigenvalue weighted by Crippen LogP contribution is 2.35. The Morgan fingerprint density at radius 3 is 2.29 bits per heavy atom. The Balaban J connectivity index is 2.03. The maximum absolute atomic E-state index is 13.3. The maximum atomic E-state index is 13.3. The Morgan fingerprint density at radius 1 is 0.943 bits per heavy atom. The van der Waals surface area contributed by atoms with Gasteiger partial charge in [0.25, 0.3) is 11.8 Å². The van der Waals surface area contributed by atoms with E-state index in [2.05, 4.69) is 18.5 Å². The van der Waals surface area contributed by atoms with Crippen molar-refractivity contribution >= 4 is 29.6 Å². The Kier molecular flexibility index (Phi) is 8.45. The fourth-order valence-electron chi connectivity index (χ4n) is 3.56. The van der Waals surface area contributed by atoms with Crippen LogP contribution in [-0.4, -0.2) is 37.7 Å². The van der Waals surface area contributed by atoms with Crippen molar-refractivity contribution in [2.75, 3.05) is 24.7 Å². The molecule has 0 atom stereocenters. The summed E-state index contributed by atoms with van der Waals surface area (Å²) in [5.74, 6) is 0.0866. The van der Waals surface area contributed by atoms with Crippen molar-refractivity contribution < 1.29 is 28.6 Å². The third-order valence-corrected chi connectivity index (χ3v) is 4.98. The molecule has 8 heteroatoms. The molecule has 0 bridgehead atoms. The van der Waals surface area contributed by atoms with Crippen molar-refractivity contribution in [1.82, 2.24) is 5.32 Å². The number of barbiturate groups is 1. The molecule has 1 saturated heterocycles. The Morgan fingerprint density at radius 2 is 1.66 bits per heavy atom. The number of anilines is 1. The lowest BCUT2D eigenvalue weighted by molar-refractivity contribution is -0.122. The summed E-state index contributed by atoms with van der Waals surface area (Å²) in [4.78, 5) is 39.3. The first kappa shape index (κ1) is 25.3. The number of allylic oxidation sites excluding steroid dienone is 1. The van der Waals surface area contributed by atoms with E-state index in [0.717, 1.165) is 10.5 Å². The second-order valence-corrected chi connectivity index (χ2v) is 7.42. The second kappa shape index (κ2) is 11.7. The van der Waals surface area contributed by atoms with Crippen molar-refractivity contribution in [2.24, 2.45) is 0 Å². The van der Waals surface area contributed by atoms with E-state index in [9.17, 15) is 14.4 Å². The van der Waals surface area contributed by atoms with Gasteiger partial charge in [0.05, 0.1) is 18.9 Å². The number of rotatable bonds is 11. The normalized spacial score (nSPS) is 14.5. The lowest BCUT2D eigenvalue weighted by atomic mass is 10.0. The first-order valence-electron chi connectivity index (χ1n) is 11.2. The van der Waals surface area contributed by atoms with Crippen LogP contribution in [0.2, 0.25) is 0 Å². The van der Waals surface area contributed by atoms with Gasteiger partial charge < -0.3 is 14.2 Å². The molecule has 1 aliphatic heterocycles. The van der Waals surface area contributed by atoms with Gasteiger partial charge in [-0.2, -0.15) is 0 Å². The monoisotopic (exact) mass is 476 g/mol. The average Bonchev–Trinajstić information content (AvgIpc) is 2.83. The summed E-state index contributed by atoms with van der Waals surface area (Å²) in [5.41, 5.74) is 1.42. The molecule has 0 aliphatic carbocycles. The summed E-state index contributed by atoms with van der Waals surface area (Å²) < 4.78 is 17.0. The van der Waals surface area contributed by atoms with E-state index >= 15 is 0 Å². The predicted octanol–water partition coefficient (Wildman–Crippen LogP) is 4.44. The van der Waals surface area contributed by atoms with Gasteiger partial charge in [-0.15, -0.1) is 6.58 Å². The number of hydrogen-bond donors (Lipinski definition) is 1. The highest BCUT2D eigenvalue weighted by atomic mass is 16.5. The molecular formula is C27H28N2O6. The predicted molar refractivity (Wildman–Crippen MR) is 134 cm³/mol. The van der Waals surface area contributed by atoms with Crippen LogP contribution in [0.1, 0.15) is 25.0 Å². The zero-order valence-electron chi connectivity index (χ0n) is 19.8. The number of carbonyl (C=O) groups is 3. The van der Waals surface area contributed by atoms with Crippen LogP contribution >= 0.6 is 0 Å². The molecule has 2 aromatic carbocycles. The lowest BCUT2D eigenvalue weighted by Crippen LogP contribution is -2.54. The minimum Gasteiger partial charge on any atom is -0.494 e. The van der Waals surface area contributed by atoms with E-state index in [1.165, 1.54) is 6.08 Å². The quantitative estimate of drug-likeness (QED) is 0.293. The third-order valence-electron chi connectivity index (χ3n) is 4.98. The smallest absolute Gasteiger partial charge is 0.335 e. The summed E-state index contributed by atoms with van der Waals surface area (Å²) in [6, 6.07) is 9.10. The molecule has 8 nitrogen and oxygen atoms in total. The number of ether oxygens (including phenoxy) is 3. The van der Waals surface area contributed by atoms with Gasteiger partial charge in [0.15, 0.2) is 11.5 Å². The summed E-state index contributed by atoms with van der Waals surface area (Å²) >= 11 is 0. The molecule has 35 heavy (non-hydrogen) atoms. The molecule has 4 amide bonds. The Labute approximate surface area is 204 Å². The fourth-order valence-corrected chi connectivity index (χ4v) is 3.56. The molecule has 1 fully saturated rings. The van der Waals surface area contributed by atoms with Gasteiger partial charge >= 0.3 is 6.03 Å². The Bertz CT molecular complexity index is 1170. The molecule has 1 aliphatic rings. The number of nitrogens with zero attached hydrogens (tertiary/aromatic N) is 1. The molecule has 1 heterocycles. The first-order valence-corrected chi connectivity index (χ1v) is 11.2. The number of carbonyl (C=O) groups excluding carboxylic acids is 3. The van der Waals surface area contributed by atoms with Crippen molar-refractivity contribution in [3.63, 3.8) is 0 Å². The number of nitrogens with one attached hydrogen (secondary N) is 1. The molecule has 0 spiro atoms. The van der Waals surface area contributed by atoms with Crippen molar-refractivity contribution in [3.05, 3.63) is 78.4 Å². The van der Waals surface area contributed by atoms with Crippen LogP contribution in [0.5, 0.6) is 17.2 Å². The van der Waals surface area contributed by atoms with Gasteiger partial charge in [0.1, 0.15) is 17.9 Å². The van der Waals surface area contributed by atoms with Crippen LogP contribution in [0.4, 0.5) is 10.5 Å². The van der Waals surface area contributed by atoms with Crippen LogP contribution in [0.25, 0.3) is 6.08 Å². The third kappa shape index (κ3) is 5.78. The summed E-state index contributed by atoms with van der Waals surface area (Å²) in [6.45, 7) is 12.3. The minimum absolute atomic E-state index is 0.190. The Hall–Kier alpha value is -4.33. The highest BCUT2D eigenvalue weighted by molar-refractivity contribution is 6.39. The summed E-state index contributed by atoms with van der Waals surface area (Å²) in [6.07, 6.45) is 5.24. The number of benzene rings is 2. The van der Waals surface area contributed by atoms with E-state index in [1.54, 1.807) is 48.6 Å². The number of urea groups is 1. The van der Waals surface area contributed by atoms with E-state index in [0.29, 0.717) is 48.1 Å². The average molecular weight is 477 g/mol. The van der Waals surface area contributed by atoms with Crippen LogP contribution in [-0.2, 0) is 16.0 Å². The summed E-state index contributed by atoms with van der Waals surface area (Å²) in [5, 5.41) is 2.23. The fraction of sp³-hybridized carbons (Fsp3) is 0.222. The number of imide groups is 2. The van der Waals surface area contributed by atoms with E-state index in [4.69, 9.17) is 14.2 Å². The molecular weight excluding hydrogens is 448 g/mol. The standard InChI is InChI=1S/C27H28N2O6/c1-5-9-19-15-18(17-23(34-8-4)24(19)35-14-6-2)16-22-25(30)28-27(32)29(26(22)31)20-10-12-21(13-11-20)33-7-3/h5-6,10-13,15-17H,1-2,7-9,14H2,3-4H3,(H,28,30,32)/b22-16+. The number of amides is 4. The molecule has 0 unspecified atom stereocenters. The number of hydrogen-bond acceptors (Lipinski definition) is 6. The lowest BCUT2D eigenvalue weighted by Gasteiger charge is -2.26. The van der Waals surface area contributed by atoms with E-state index in [-0.39, 0.29) is 12.2 Å². The van der Waals surface area contributed by atoms with E-state index < -0.39 is 17.8 Å². The van der Waals surface area contributed by atoms with Crippen LogP contribution in [0.3, 0.4) is 0 Å². The van der Waals surface area contributed by atoms with Crippen LogP contribution in [0, 0.1) is 0 Å². The second-order valence-electron chi connectivity index (χ2n) is 7.42. The van der Waals surface area contributed by atoms with Crippen molar-refractivity contribution in [2.45, 2.75) is 20.3 Å². The maximum Gasteiger partial charge on any atom is 0.335 e. The van der Waals surface area contributed by atoms with Crippen molar-refractivity contribution in [3.8, 4) is 17.2 Å². The van der Waals surface area contributed by atoms with Gasteiger partial charge in [0, 0.05) is 5.56 Å². The first-order chi connectivity index (χ1) is 16.9. The van der Waals surface area contributed by atoms with Crippen molar-refractivity contribution in [1.29, 1.82) is 0 Å². The van der Waals surface area contributed by atoms with Gasteiger partial charge in [0.2, 0.25) is 0 Å². The SMILES string of the molecule is C=CCOc1c(CC=C)cc(/C=C2\C(=O)NC(=O)N(c3ccc(OCC)cc3)C2=O)cc1OCC. The molecule has 182 valence electrons. The molecule has 0 aromatic heterocycles. The molecule has 1 N–H and O–H groups in total. The van der Waals surface area contributed by atoms with Gasteiger partial charge in [-0.05, 0) is 68.3 Å². The van der Waals surface area contributed by atoms with E-state index in [1.807, 2.05) is 13.8 Å². The molecule has 0 radical (unpaired) electrons. The largest absolute Gasteiger partial charge is 0.494 e. The van der Waals surface area contributed by atoms with Crippen LogP contribution < -0.4 is 24.4 Å².